The number of pyridine rings is 1. The standard InChI is InChI=1S/C24H26F2N6O2.C7H15N/c1-15(31-23(28-3)17-7-5-16(6-8-17)11-21(27)33)19-13-30-32(4)20(19)14-34-22-10-9-18(12-29-22)24(2,25)26;1-2-8-6-4-3-5-7-8/h5-10,12-13H,11,14H2,1-4H3,(H2,27,33);2-7H2,1H3. The Hall–Kier alpha value is -3.99. The van der Waals surface area contributed by atoms with Crippen molar-refractivity contribution in [2.24, 2.45) is 22.8 Å². The second kappa shape index (κ2) is 15.3. The molecule has 0 aliphatic carbocycles. The first-order valence-corrected chi connectivity index (χ1v) is 14.1. The first-order valence-electron chi connectivity index (χ1n) is 14.1. The van der Waals surface area contributed by atoms with Gasteiger partial charge in [0.05, 0.1) is 24.0 Å². The van der Waals surface area contributed by atoms with Gasteiger partial charge in [0, 0.05) is 50.0 Å². The Balaban J connectivity index is 0.000000521. The van der Waals surface area contributed by atoms with Crippen LogP contribution in [-0.4, -0.2) is 63.8 Å². The average molecular weight is 582 g/mol. The van der Waals surface area contributed by atoms with Crippen LogP contribution >= 0.6 is 0 Å². The predicted octanol–water partition coefficient (Wildman–Crippen LogP) is 4.91. The number of carbonyl (C=O) groups excluding carboxylic acids is 1. The normalized spacial score (nSPS) is 14.7. The minimum atomic E-state index is -2.96. The van der Waals surface area contributed by atoms with E-state index in [9.17, 15) is 13.6 Å². The number of amidine groups is 1. The predicted molar refractivity (Wildman–Crippen MR) is 161 cm³/mol. The summed E-state index contributed by atoms with van der Waals surface area (Å²) in [6, 6.07) is 9.99. The largest absolute Gasteiger partial charge is 0.471 e. The molecule has 0 bridgehead atoms. The number of ether oxygens (including phenoxy) is 1. The number of amides is 1. The average Bonchev–Trinajstić information content (AvgIpc) is 3.35. The molecule has 0 radical (unpaired) electrons. The van der Waals surface area contributed by atoms with Gasteiger partial charge in [0.25, 0.3) is 5.92 Å². The molecule has 1 aliphatic rings. The van der Waals surface area contributed by atoms with Gasteiger partial charge in [-0.3, -0.25) is 14.5 Å². The Kier molecular flexibility index (Phi) is 11.8. The minimum Gasteiger partial charge on any atom is -0.471 e. The van der Waals surface area contributed by atoms with E-state index in [-0.39, 0.29) is 24.5 Å². The number of rotatable bonds is 9. The molecule has 1 aliphatic heterocycles. The summed E-state index contributed by atoms with van der Waals surface area (Å²) >= 11 is 0. The molecule has 1 aromatic carbocycles. The van der Waals surface area contributed by atoms with Gasteiger partial charge in [-0.2, -0.15) is 5.10 Å². The zero-order valence-corrected chi connectivity index (χ0v) is 25.1. The van der Waals surface area contributed by atoms with Crippen LogP contribution in [0.1, 0.15) is 68.0 Å². The Bertz CT molecular complexity index is 1360. The Morgan fingerprint density at radius 3 is 2.31 bits per heavy atom. The van der Waals surface area contributed by atoms with Gasteiger partial charge in [-0.25, -0.2) is 18.8 Å². The SMILES string of the molecule is CCN1CCCCC1.CN=C(N=C(C)c1cnn(C)c1COc1ccc(C(C)(F)F)cn1)c1ccc(CC(N)=O)cc1. The van der Waals surface area contributed by atoms with Crippen LogP contribution in [0.15, 0.2) is 58.8 Å². The summed E-state index contributed by atoms with van der Waals surface area (Å²) in [5.74, 6) is -2.63. The van der Waals surface area contributed by atoms with E-state index in [1.54, 1.807) is 25.0 Å². The zero-order chi connectivity index (χ0) is 30.7. The molecule has 1 fully saturated rings. The van der Waals surface area contributed by atoms with Gasteiger partial charge in [0.15, 0.2) is 5.84 Å². The van der Waals surface area contributed by atoms with E-state index in [1.165, 1.54) is 51.0 Å². The molecule has 1 amide bonds. The number of halogens is 2. The Morgan fingerprint density at radius 1 is 1.10 bits per heavy atom. The number of hydrogen-bond acceptors (Lipinski definition) is 6. The summed E-state index contributed by atoms with van der Waals surface area (Å²) in [6.07, 6.45) is 7.25. The summed E-state index contributed by atoms with van der Waals surface area (Å²) in [4.78, 5) is 26.5. The fourth-order valence-corrected chi connectivity index (χ4v) is 4.52. The van der Waals surface area contributed by atoms with Crippen molar-refractivity contribution in [3.8, 4) is 5.88 Å². The number of hydrogen-bond donors (Lipinski definition) is 1. The van der Waals surface area contributed by atoms with Crippen molar-refractivity contribution in [3.63, 3.8) is 0 Å². The van der Waals surface area contributed by atoms with Crippen LogP contribution in [0.5, 0.6) is 5.88 Å². The highest BCUT2D eigenvalue weighted by molar-refractivity contribution is 6.11. The molecule has 1 saturated heterocycles. The smallest absolute Gasteiger partial charge is 0.272 e. The number of aryl methyl sites for hydroxylation is 1. The van der Waals surface area contributed by atoms with Gasteiger partial charge in [-0.05, 0) is 51.0 Å². The molecule has 0 unspecified atom stereocenters. The Morgan fingerprint density at radius 2 is 1.79 bits per heavy atom. The number of nitrogens with zero attached hydrogens (tertiary/aromatic N) is 6. The van der Waals surface area contributed by atoms with Gasteiger partial charge in [-0.1, -0.05) is 37.6 Å². The molecule has 0 saturated carbocycles. The maximum absolute atomic E-state index is 13.4. The number of alkyl halides is 2. The van der Waals surface area contributed by atoms with Crippen LogP contribution in [0.25, 0.3) is 0 Å². The third-order valence-corrected chi connectivity index (χ3v) is 7.02. The molecule has 4 rings (SSSR count). The Labute approximate surface area is 246 Å². The molecule has 226 valence electrons. The number of aliphatic imine (C=N–C) groups is 2. The van der Waals surface area contributed by atoms with Gasteiger partial charge >= 0.3 is 0 Å². The van der Waals surface area contributed by atoms with E-state index in [0.717, 1.165) is 35.5 Å². The fourth-order valence-electron chi connectivity index (χ4n) is 4.52. The number of piperidine rings is 1. The van der Waals surface area contributed by atoms with Crippen LogP contribution in [0, 0.1) is 0 Å². The molecule has 3 heterocycles. The van der Waals surface area contributed by atoms with Crippen molar-refractivity contribution in [2.45, 2.75) is 59.0 Å². The van der Waals surface area contributed by atoms with Crippen LogP contribution in [-0.2, 0) is 30.8 Å². The second-order valence-electron chi connectivity index (χ2n) is 10.3. The van der Waals surface area contributed by atoms with E-state index in [1.807, 2.05) is 31.2 Å². The minimum absolute atomic E-state index is 0.119. The third-order valence-electron chi connectivity index (χ3n) is 7.02. The van der Waals surface area contributed by atoms with Gasteiger partial charge in [0.2, 0.25) is 11.8 Å². The zero-order valence-electron chi connectivity index (χ0n) is 25.1. The molecule has 2 N–H and O–H groups in total. The van der Waals surface area contributed by atoms with Crippen LogP contribution < -0.4 is 10.5 Å². The van der Waals surface area contributed by atoms with Crippen molar-refractivity contribution >= 4 is 17.5 Å². The highest BCUT2D eigenvalue weighted by Crippen LogP contribution is 2.27. The number of benzene rings is 1. The maximum Gasteiger partial charge on any atom is 0.272 e. The first kappa shape index (κ1) is 32.5. The lowest BCUT2D eigenvalue weighted by Gasteiger charge is -2.24. The van der Waals surface area contributed by atoms with Crippen molar-refractivity contribution in [1.29, 1.82) is 0 Å². The number of nitrogens with two attached hydrogens (primary N) is 1. The lowest BCUT2D eigenvalue weighted by Crippen LogP contribution is -2.29. The van der Waals surface area contributed by atoms with Crippen LogP contribution in [0.2, 0.25) is 0 Å². The summed E-state index contributed by atoms with van der Waals surface area (Å²) in [6.45, 7) is 8.95. The number of carbonyl (C=O) groups is 1. The van der Waals surface area contributed by atoms with Gasteiger partial charge < -0.3 is 15.4 Å². The van der Waals surface area contributed by atoms with Crippen molar-refractivity contribution < 1.29 is 18.3 Å². The topological polar surface area (TPSA) is 111 Å². The summed E-state index contributed by atoms with van der Waals surface area (Å²) < 4.78 is 34.1. The summed E-state index contributed by atoms with van der Waals surface area (Å²) in [5, 5.41) is 4.29. The quantitative estimate of drug-likeness (QED) is 0.285. The van der Waals surface area contributed by atoms with E-state index in [2.05, 4.69) is 31.9 Å². The first-order chi connectivity index (χ1) is 20.0. The third kappa shape index (κ3) is 9.54. The highest BCUT2D eigenvalue weighted by Gasteiger charge is 2.24. The number of likely N-dealkylation sites (tertiary alicyclic amines) is 1. The summed E-state index contributed by atoms with van der Waals surface area (Å²) in [7, 11) is 3.42. The number of aromatic nitrogens is 3. The lowest BCUT2D eigenvalue weighted by atomic mass is 10.1. The van der Waals surface area contributed by atoms with Gasteiger partial charge in [0.1, 0.15) is 6.61 Å². The van der Waals surface area contributed by atoms with Gasteiger partial charge in [-0.15, -0.1) is 0 Å². The van der Waals surface area contributed by atoms with E-state index < -0.39 is 11.8 Å². The van der Waals surface area contributed by atoms with Crippen molar-refractivity contribution in [1.82, 2.24) is 19.7 Å². The second-order valence-corrected chi connectivity index (χ2v) is 10.3. The molecule has 2 aromatic heterocycles. The molecular weight excluding hydrogens is 540 g/mol. The highest BCUT2D eigenvalue weighted by atomic mass is 19.3. The lowest BCUT2D eigenvalue weighted by molar-refractivity contribution is -0.117. The van der Waals surface area contributed by atoms with E-state index in [0.29, 0.717) is 11.5 Å². The fraction of sp³-hybridized carbons (Fsp3) is 0.452. The van der Waals surface area contributed by atoms with Crippen LogP contribution in [0.3, 0.4) is 0 Å². The summed E-state index contributed by atoms with van der Waals surface area (Å²) in [5.41, 5.74) is 8.82. The monoisotopic (exact) mass is 581 g/mol. The molecule has 42 heavy (non-hydrogen) atoms. The molecule has 0 spiro atoms. The van der Waals surface area contributed by atoms with E-state index >= 15 is 0 Å². The van der Waals surface area contributed by atoms with Crippen molar-refractivity contribution in [3.05, 3.63) is 76.7 Å². The maximum atomic E-state index is 13.4. The van der Waals surface area contributed by atoms with E-state index in [4.69, 9.17) is 10.5 Å². The molecule has 11 heteroatoms. The van der Waals surface area contributed by atoms with Crippen LogP contribution in [0.4, 0.5) is 8.78 Å². The van der Waals surface area contributed by atoms with Crippen molar-refractivity contribution in [2.75, 3.05) is 26.7 Å². The number of primary amides is 1. The molecular formula is C31H41F2N7O2. The molecule has 9 nitrogen and oxygen atoms in total. The molecule has 0 atom stereocenters. The molecule has 3 aromatic rings.